The second-order valence-electron chi connectivity index (χ2n) is 10.5. The van der Waals surface area contributed by atoms with Gasteiger partial charge >= 0.3 is 7.44 Å². The van der Waals surface area contributed by atoms with Crippen molar-refractivity contribution in [1.29, 1.82) is 0 Å². The maximum Gasteiger partial charge on any atom is 0.313 e. The van der Waals surface area contributed by atoms with Crippen molar-refractivity contribution >= 4 is 24.5 Å². The number of hydrazone groups is 1. The first-order valence-electron chi connectivity index (χ1n) is 12.1. The monoisotopic (exact) mass is 462 g/mol. The molecule has 5 rings (SSSR count). The number of fused-ring (bicyclic) bond motifs is 1. The van der Waals surface area contributed by atoms with Crippen LogP contribution in [0.25, 0.3) is 0 Å². The molecular formula is C27H35N4OP. The van der Waals surface area contributed by atoms with Crippen LogP contribution in [0.1, 0.15) is 57.1 Å². The zero-order chi connectivity index (χ0) is 23.2. The van der Waals surface area contributed by atoms with Gasteiger partial charge in [0.15, 0.2) is 0 Å². The average Bonchev–Trinajstić information content (AvgIpc) is 3.07. The highest BCUT2D eigenvalue weighted by Gasteiger charge is 2.50. The Balaban J connectivity index is 1.68. The van der Waals surface area contributed by atoms with Gasteiger partial charge in [0.25, 0.3) is 0 Å². The predicted molar refractivity (Wildman–Crippen MR) is 139 cm³/mol. The fourth-order valence-corrected chi connectivity index (χ4v) is 7.93. The Hall–Kier alpha value is -2.52. The van der Waals surface area contributed by atoms with E-state index < -0.39 is 7.44 Å². The number of hydrogen-bond donors (Lipinski definition) is 1. The highest BCUT2D eigenvalue weighted by atomic mass is 31.2. The van der Waals surface area contributed by atoms with Crippen molar-refractivity contribution in [1.82, 2.24) is 4.90 Å². The van der Waals surface area contributed by atoms with Crippen LogP contribution in [0.15, 0.2) is 64.6 Å². The van der Waals surface area contributed by atoms with Crippen molar-refractivity contribution in [2.45, 2.75) is 59.8 Å². The van der Waals surface area contributed by atoms with E-state index in [2.05, 4.69) is 49.8 Å². The number of anilines is 2. The van der Waals surface area contributed by atoms with Crippen LogP contribution >= 0.6 is 7.44 Å². The molecule has 1 N–H and O–H groups in total. The molecule has 1 fully saturated rings. The number of likely N-dealkylation sites (tertiary alicyclic amines) is 1. The Morgan fingerprint density at radius 1 is 0.939 bits per heavy atom. The number of aryl methyl sites for hydroxylation is 2. The van der Waals surface area contributed by atoms with Gasteiger partial charge in [0.1, 0.15) is 0 Å². The summed E-state index contributed by atoms with van der Waals surface area (Å²) in [5.74, 6) is 0. The summed E-state index contributed by atoms with van der Waals surface area (Å²) in [6.45, 7) is 10.9. The lowest BCUT2D eigenvalue weighted by Crippen LogP contribution is -2.36. The molecule has 3 aliphatic rings. The molecule has 33 heavy (non-hydrogen) atoms. The third-order valence-corrected chi connectivity index (χ3v) is 9.67. The van der Waals surface area contributed by atoms with Gasteiger partial charge in [0.2, 0.25) is 0 Å². The summed E-state index contributed by atoms with van der Waals surface area (Å²) in [4.78, 5) is 2.50. The van der Waals surface area contributed by atoms with Crippen LogP contribution in [0.2, 0.25) is 0 Å². The van der Waals surface area contributed by atoms with Crippen LogP contribution in [-0.2, 0) is 4.57 Å². The number of allylic oxidation sites excluding steroid dienone is 2. The van der Waals surface area contributed by atoms with E-state index in [4.69, 9.17) is 5.10 Å². The van der Waals surface area contributed by atoms with Crippen molar-refractivity contribution in [2.24, 2.45) is 10.5 Å². The molecule has 2 aliphatic heterocycles. The lowest BCUT2D eigenvalue weighted by molar-refractivity contribution is 0.240. The van der Waals surface area contributed by atoms with Gasteiger partial charge in [-0.1, -0.05) is 38.1 Å². The van der Waals surface area contributed by atoms with Crippen molar-refractivity contribution < 1.29 is 4.57 Å². The number of nitrogens with one attached hydrogen (secondary N) is 1. The highest BCUT2D eigenvalue weighted by Crippen LogP contribution is 2.66. The Morgan fingerprint density at radius 3 is 2.36 bits per heavy atom. The first-order valence-corrected chi connectivity index (χ1v) is 13.8. The zero-order valence-corrected chi connectivity index (χ0v) is 21.2. The molecule has 0 bridgehead atoms. The minimum absolute atomic E-state index is 0.0904. The summed E-state index contributed by atoms with van der Waals surface area (Å²) in [6, 6.07) is 16.2. The summed E-state index contributed by atoms with van der Waals surface area (Å²) in [6.07, 6.45) is 5.43. The number of para-hydroxylation sites is 1. The fraction of sp³-hybridized carbons (Fsp3) is 0.444. The van der Waals surface area contributed by atoms with E-state index in [1.54, 1.807) is 4.78 Å². The molecule has 0 saturated carbocycles. The van der Waals surface area contributed by atoms with E-state index in [0.717, 1.165) is 48.3 Å². The molecule has 0 aromatic heterocycles. The van der Waals surface area contributed by atoms with Gasteiger partial charge in [0.05, 0.1) is 16.7 Å². The molecule has 2 aromatic carbocycles. The minimum Gasteiger partial charge on any atom is -0.374 e. The van der Waals surface area contributed by atoms with E-state index in [0.29, 0.717) is 0 Å². The first-order chi connectivity index (χ1) is 15.8. The van der Waals surface area contributed by atoms with Crippen molar-refractivity contribution in [2.75, 3.05) is 23.0 Å². The SMILES string of the molecule is Cc1ccc(N[P@@]2(=O)C3=C(N4CCCCC4)CC(C)(C)CC3=NN2c2ccccc2)cc1C. The predicted octanol–water partition coefficient (Wildman–Crippen LogP) is 7.30. The summed E-state index contributed by atoms with van der Waals surface area (Å²) in [7, 11) is -3.25. The topological polar surface area (TPSA) is 47.9 Å². The molecule has 0 unspecified atom stereocenters. The van der Waals surface area contributed by atoms with Gasteiger partial charge in [-0.3, -0.25) is 4.57 Å². The van der Waals surface area contributed by atoms with E-state index in [1.807, 2.05) is 36.4 Å². The molecule has 6 heteroatoms. The Morgan fingerprint density at radius 2 is 1.67 bits per heavy atom. The number of piperidine rings is 1. The van der Waals surface area contributed by atoms with Crippen LogP contribution in [0, 0.1) is 19.3 Å². The normalized spacial score (nSPS) is 24.5. The molecule has 5 nitrogen and oxygen atoms in total. The lowest BCUT2D eigenvalue weighted by Gasteiger charge is -2.40. The third kappa shape index (κ3) is 4.12. The Bertz CT molecular complexity index is 1160. The molecular weight excluding hydrogens is 427 g/mol. The smallest absolute Gasteiger partial charge is 0.313 e. The molecule has 174 valence electrons. The maximum absolute atomic E-state index is 15.2. The van der Waals surface area contributed by atoms with Crippen molar-refractivity contribution in [3.05, 3.63) is 70.7 Å². The number of rotatable bonds is 4. The highest BCUT2D eigenvalue weighted by molar-refractivity contribution is 7.73. The minimum atomic E-state index is -3.25. The zero-order valence-electron chi connectivity index (χ0n) is 20.3. The summed E-state index contributed by atoms with van der Waals surface area (Å²) >= 11 is 0. The van der Waals surface area contributed by atoms with Crippen LogP contribution in [0.5, 0.6) is 0 Å². The van der Waals surface area contributed by atoms with Crippen LogP contribution in [-0.4, -0.2) is 23.7 Å². The second-order valence-corrected chi connectivity index (χ2v) is 12.7. The Kier molecular flexibility index (Phi) is 5.64. The quantitative estimate of drug-likeness (QED) is 0.484. The molecule has 0 spiro atoms. The average molecular weight is 463 g/mol. The molecule has 1 atom stereocenters. The molecule has 1 saturated heterocycles. The summed E-state index contributed by atoms with van der Waals surface area (Å²) < 4.78 is 16.9. The van der Waals surface area contributed by atoms with Gasteiger partial charge < -0.3 is 9.99 Å². The standard InChI is InChI=1S/C27H35N4OP/c1-20-13-14-22(17-21(20)2)29-33(32)26-24(28-31(33)23-11-7-5-8-12-23)18-27(3,4)19-25(26)30-15-9-6-10-16-30/h5,7-8,11-14,17H,6,9-10,15-16,18-19H2,1-4H3,(H,29,32)/t33-/m0/s1. The number of benzene rings is 2. The van der Waals surface area contributed by atoms with Crippen molar-refractivity contribution in [3.8, 4) is 0 Å². The summed E-state index contributed by atoms with van der Waals surface area (Å²) in [5.41, 5.74) is 6.48. The van der Waals surface area contributed by atoms with Crippen LogP contribution in [0.3, 0.4) is 0 Å². The molecule has 0 radical (unpaired) electrons. The van der Waals surface area contributed by atoms with Crippen LogP contribution in [0.4, 0.5) is 11.4 Å². The lowest BCUT2D eigenvalue weighted by atomic mass is 9.78. The van der Waals surface area contributed by atoms with E-state index in [9.17, 15) is 0 Å². The van der Waals surface area contributed by atoms with Gasteiger partial charge in [-0.2, -0.15) is 9.88 Å². The molecule has 1 aliphatic carbocycles. The van der Waals surface area contributed by atoms with Gasteiger partial charge in [-0.15, -0.1) is 0 Å². The van der Waals surface area contributed by atoms with E-state index in [-0.39, 0.29) is 5.41 Å². The fourth-order valence-electron chi connectivity index (χ4n) is 5.30. The van der Waals surface area contributed by atoms with Crippen molar-refractivity contribution in [3.63, 3.8) is 0 Å². The van der Waals surface area contributed by atoms with E-state index in [1.165, 1.54) is 36.1 Å². The van der Waals surface area contributed by atoms with Gasteiger partial charge in [-0.25, -0.2) is 0 Å². The maximum atomic E-state index is 15.2. The molecule has 2 aromatic rings. The second kappa shape index (κ2) is 8.36. The van der Waals surface area contributed by atoms with Crippen LogP contribution < -0.4 is 9.87 Å². The van der Waals surface area contributed by atoms with Gasteiger partial charge in [0, 0.05) is 24.5 Å². The number of nitrogens with zero attached hydrogens (tertiary/aromatic N) is 3. The first kappa shape index (κ1) is 22.3. The summed E-state index contributed by atoms with van der Waals surface area (Å²) in [5, 5.41) is 9.51. The Labute approximate surface area is 198 Å². The third-order valence-electron chi connectivity index (χ3n) is 7.14. The van der Waals surface area contributed by atoms with Gasteiger partial charge in [-0.05, 0) is 86.8 Å². The molecule has 2 heterocycles. The van der Waals surface area contributed by atoms with E-state index >= 15 is 4.57 Å². The number of hydrogen-bond acceptors (Lipinski definition) is 3. The largest absolute Gasteiger partial charge is 0.374 e. The molecule has 0 amide bonds.